The highest BCUT2D eigenvalue weighted by Crippen LogP contribution is 2.29. The number of aromatic nitrogens is 2. The van der Waals surface area contributed by atoms with Crippen LogP contribution in [-0.4, -0.2) is 9.55 Å². The van der Waals surface area contributed by atoms with Gasteiger partial charge in [-0.15, -0.1) is 0 Å². The van der Waals surface area contributed by atoms with Crippen LogP contribution < -0.4 is 5.56 Å². The third kappa shape index (κ3) is 1.84. The summed E-state index contributed by atoms with van der Waals surface area (Å²) in [4.78, 5) is 14.9. The van der Waals surface area contributed by atoms with Crippen molar-refractivity contribution in [1.29, 1.82) is 0 Å². The van der Waals surface area contributed by atoms with Gasteiger partial charge in [0.05, 0.1) is 12.5 Å². The second-order valence-corrected chi connectivity index (χ2v) is 3.83. The molecule has 14 heavy (non-hydrogen) atoms. The van der Waals surface area contributed by atoms with E-state index in [-0.39, 0.29) is 0 Å². The van der Waals surface area contributed by atoms with Crippen LogP contribution in [0.1, 0.15) is 25.7 Å². The van der Waals surface area contributed by atoms with Crippen molar-refractivity contribution in [3.63, 3.8) is 0 Å². The molecule has 3 nitrogen and oxygen atoms in total. The van der Waals surface area contributed by atoms with E-state index in [4.69, 9.17) is 0 Å². The van der Waals surface area contributed by atoms with Crippen molar-refractivity contribution >= 4 is 0 Å². The largest absolute Gasteiger partial charge is 0.297 e. The van der Waals surface area contributed by atoms with Crippen LogP contribution >= 0.6 is 0 Å². The van der Waals surface area contributed by atoms with E-state index in [0.717, 1.165) is 18.5 Å². The third-order valence-corrected chi connectivity index (χ3v) is 2.86. The molecule has 0 spiro atoms. The summed E-state index contributed by atoms with van der Waals surface area (Å²) < 4.78 is 14.2. The highest BCUT2D eigenvalue weighted by Gasteiger charge is 2.17. The molecule has 0 amide bonds. The Morgan fingerprint density at radius 3 is 3.00 bits per heavy atom. The quantitative estimate of drug-likeness (QED) is 0.735. The fraction of sp³-hybridized carbons (Fsp3) is 0.600. The van der Waals surface area contributed by atoms with E-state index < -0.39 is 11.4 Å². The van der Waals surface area contributed by atoms with Gasteiger partial charge in [-0.3, -0.25) is 9.36 Å². The van der Waals surface area contributed by atoms with Crippen LogP contribution in [-0.2, 0) is 6.54 Å². The van der Waals surface area contributed by atoms with Gasteiger partial charge in [0.25, 0.3) is 5.56 Å². The molecule has 0 aliphatic heterocycles. The molecule has 0 radical (unpaired) electrons. The van der Waals surface area contributed by atoms with Crippen LogP contribution in [0.5, 0.6) is 0 Å². The maximum Gasteiger partial charge on any atom is 0.289 e. The molecule has 2 rings (SSSR count). The number of rotatable bonds is 3. The van der Waals surface area contributed by atoms with Crippen LogP contribution in [0.3, 0.4) is 0 Å². The average Bonchev–Trinajstić information content (AvgIpc) is 2.09. The van der Waals surface area contributed by atoms with Gasteiger partial charge >= 0.3 is 0 Å². The van der Waals surface area contributed by atoms with E-state index >= 15 is 0 Å². The monoisotopic (exact) mass is 196 g/mol. The van der Waals surface area contributed by atoms with E-state index in [1.807, 2.05) is 0 Å². The first kappa shape index (κ1) is 9.37. The van der Waals surface area contributed by atoms with Gasteiger partial charge in [0.2, 0.25) is 5.82 Å². The summed E-state index contributed by atoms with van der Waals surface area (Å²) in [6, 6.07) is 0. The minimum absolute atomic E-state index is 0.556. The molecular formula is C10H13FN2O. The van der Waals surface area contributed by atoms with Crippen LogP contribution in [0.4, 0.5) is 4.39 Å². The molecule has 0 aromatic carbocycles. The Labute approximate surface area is 81.6 Å². The van der Waals surface area contributed by atoms with Crippen molar-refractivity contribution in [3.8, 4) is 0 Å². The molecule has 76 valence electrons. The summed E-state index contributed by atoms with van der Waals surface area (Å²) in [5.74, 6) is -0.0359. The van der Waals surface area contributed by atoms with Gasteiger partial charge in [-0.25, -0.2) is 4.98 Å². The molecule has 1 aromatic heterocycles. The van der Waals surface area contributed by atoms with E-state index in [1.54, 1.807) is 0 Å². The van der Waals surface area contributed by atoms with Crippen LogP contribution in [0, 0.1) is 11.7 Å². The zero-order chi connectivity index (χ0) is 9.97. The summed E-state index contributed by atoms with van der Waals surface area (Å²) >= 11 is 0. The number of halogens is 1. The fourth-order valence-corrected chi connectivity index (χ4v) is 1.69. The molecule has 1 saturated carbocycles. The minimum atomic E-state index is -0.763. The number of hydrogen-bond acceptors (Lipinski definition) is 2. The summed E-state index contributed by atoms with van der Waals surface area (Å²) in [7, 11) is 0. The van der Waals surface area contributed by atoms with Crippen molar-refractivity contribution in [3.05, 3.63) is 28.7 Å². The number of nitrogens with zero attached hydrogens (tertiary/aromatic N) is 2. The van der Waals surface area contributed by atoms with Gasteiger partial charge in [0.1, 0.15) is 0 Å². The summed E-state index contributed by atoms with van der Waals surface area (Å²) in [5, 5.41) is 0. The topological polar surface area (TPSA) is 34.9 Å². The first-order valence-electron chi connectivity index (χ1n) is 4.97. The predicted molar refractivity (Wildman–Crippen MR) is 50.4 cm³/mol. The zero-order valence-electron chi connectivity index (χ0n) is 7.95. The van der Waals surface area contributed by atoms with E-state index in [1.165, 1.54) is 30.2 Å². The number of hydrogen-bond donors (Lipinski definition) is 0. The normalized spacial score (nSPS) is 16.6. The lowest BCUT2D eigenvalue weighted by molar-refractivity contribution is 0.279. The van der Waals surface area contributed by atoms with Crippen molar-refractivity contribution in [2.24, 2.45) is 5.92 Å². The Kier molecular flexibility index (Phi) is 2.61. The van der Waals surface area contributed by atoms with Crippen LogP contribution in [0.25, 0.3) is 0 Å². The van der Waals surface area contributed by atoms with E-state index in [9.17, 15) is 9.18 Å². The first-order chi connectivity index (χ1) is 6.77. The Hall–Kier alpha value is -1.19. The standard InChI is InChI=1S/C10H13FN2O/c11-9-6-12-7-13(10(9)14)5-4-8-2-1-3-8/h6-8H,1-5H2. The van der Waals surface area contributed by atoms with Crippen molar-refractivity contribution < 1.29 is 4.39 Å². The summed E-state index contributed by atoms with van der Waals surface area (Å²) in [6.07, 6.45) is 7.12. The molecule has 1 aliphatic rings. The second-order valence-electron chi connectivity index (χ2n) is 3.83. The highest BCUT2D eigenvalue weighted by molar-refractivity contribution is 4.87. The maximum absolute atomic E-state index is 12.8. The van der Waals surface area contributed by atoms with Gasteiger partial charge in [0.15, 0.2) is 0 Å². The van der Waals surface area contributed by atoms with Crippen molar-refractivity contribution in [2.75, 3.05) is 0 Å². The van der Waals surface area contributed by atoms with Gasteiger partial charge in [-0.05, 0) is 12.3 Å². The SMILES string of the molecule is O=c1c(F)cncn1CCC1CCC1. The molecule has 4 heteroatoms. The average molecular weight is 196 g/mol. The predicted octanol–water partition coefficient (Wildman–Crippen LogP) is 1.57. The smallest absolute Gasteiger partial charge is 0.289 e. The first-order valence-corrected chi connectivity index (χ1v) is 4.97. The second kappa shape index (κ2) is 3.90. The molecule has 1 aliphatic carbocycles. The molecule has 0 bridgehead atoms. The molecule has 0 N–H and O–H groups in total. The minimum Gasteiger partial charge on any atom is -0.297 e. The lowest BCUT2D eigenvalue weighted by Gasteiger charge is -2.25. The highest BCUT2D eigenvalue weighted by atomic mass is 19.1. The third-order valence-electron chi connectivity index (χ3n) is 2.86. The lowest BCUT2D eigenvalue weighted by atomic mass is 9.83. The van der Waals surface area contributed by atoms with Gasteiger partial charge < -0.3 is 0 Å². The van der Waals surface area contributed by atoms with E-state index in [0.29, 0.717) is 6.54 Å². The lowest BCUT2D eigenvalue weighted by Crippen LogP contribution is -2.25. The number of aryl methyl sites for hydroxylation is 1. The fourth-order valence-electron chi connectivity index (χ4n) is 1.69. The maximum atomic E-state index is 12.8. The van der Waals surface area contributed by atoms with Gasteiger partial charge in [0, 0.05) is 6.54 Å². The van der Waals surface area contributed by atoms with E-state index in [2.05, 4.69) is 4.98 Å². The van der Waals surface area contributed by atoms with Crippen molar-refractivity contribution in [1.82, 2.24) is 9.55 Å². The molecule has 0 atom stereocenters. The molecule has 0 saturated heterocycles. The Morgan fingerprint density at radius 2 is 2.36 bits per heavy atom. The molecule has 1 aromatic rings. The molecule has 1 fully saturated rings. The van der Waals surface area contributed by atoms with Crippen LogP contribution in [0.15, 0.2) is 17.3 Å². The Morgan fingerprint density at radius 1 is 1.57 bits per heavy atom. The molecule has 1 heterocycles. The van der Waals surface area contributed by atoms with Crippen molar-refractivity contribution in [2.45, 2.75) is 32.2 Å². The van der Waals surface area contributed by atoms with Crippen LogP contribution in [0.2, 0.25) is 0 Å². The zero-order valence-corrected chi connectivity index (χ0v) is 7.95. The molecular weight excluding hydrogens is 183 g/mol. The Balaban J connectivity index is 2.01. The summed E-state index contributed by atoms with van der Waals surface area (Å²) in [6.45, 7) is 0.592. The Bertz CT molecular complexity index is 371. The van der Waals surface area contributed by atoms with Gasteiger partial charge in [-0.2, -0.15) is 4.39 Å². The van der Waals surface area contributed by atoms with Gasteiger partial charge in [-0.1, -0.05) is 19.3 Å². The summed E-state index contributed by atoms with van der Waals surface area (Å²) in [5.41, 5.74) is -0.556. The molecule has 0 unspecified atom stereocenters.